The summed E-state index contributed by atoms with van der Waals surface area (Å²) in [5, 5.41) is 0. The zero-order chi connectivity index (χ0) is 13.8. The van der Waals surface area contributed by atoms with E-state index in [0.717, 1.165) is 24.5 Å². The summed E-state index contributed by atoms with van der Waals surface area (Å²) < 4.78 is 26.5. The van der Waals surface area contributed by atoms with Crippen LogP contribution in [0.15, 0.2) is 42.5 Å². The molecule has 1 nitrogen and oxygen atoms in total. The molecule has 0 aliphatic carbocycles. The second-order valence-electron chi connectivity index (χ2n) is 4.64. The maximum atomic E-state index is 13.7. The third kappa shape index (κ3) is 3.18. The largest absolute Gasteiger partial charge is 0.320 e. The molecule has 0 saturated carbocycles. The average Bonchev–Trinajstić information content (AvgIpc) is 2.39. The summed E-state index contributed by atoms with van der Waals surface area (Å²) >= 11 is 0. The molecule has 3 heteroatoms. The van der Waals surface area contributed by atoms with Gasteiger partial charge in [0, 0.05) is 11.6 Å². The van der Waals surface area contributed by atoms with Crippen molar-refractivity contribution in [2.75, 3.05) is 0 Å². The van der Waals surface area contributed by atoms with Gasteiger partial charge in [-0.1, -0.05) is 43.7 Å². The maximum absolute atomic E-state index is 13.7. The molecular weight excluding hydrogens is 244 g/mol. The van der Waals surface area contributed by atoms with E-state index in [4.69, 9.17) is 5.73 Å². The van der Waals surface area contributed by atoms with Gasteiger partial charge in [-0.3, -0.25) is 0 Å². The Labute approximate surface area is 112 Å². The molecule has 100 valence electrons. The summed E-state index contributed by atoms with van der Waals surface area (Å²) in [7, 11) is 0. The van der Waals surface area contributed by atoms with E-state index in [-0.39, 0.29) is 0 Å². The van der Waals surface area contributed by atoms with Crippen LogP contribution < -0.4 is 5.73 Å². The van der Waals surface area contributed by atoms with Crippen molar-refractivity contribution in [1.29, 1.82) is 0 Å². The van der Waals surface area contributed by atoms with Crippen LogP contribution in [-0.4, -0.2) is 0 Å². The number of nitrogens with two attached hydrogens (primary N) is 1. The summed E-state index contributed by atoms with van der Waals surface area (Å²) in [6.45, 7) is 2.12. The van der Waals surface area contributed by atoms with Gasteiger partial charge in [-0.15, -0.1) is 0 Å². The van der Waals surface area contributed by atoms with E-state index in [0.29, 0.717) is 5.56 Å². The highest BCUT2D eigenvalue weighted by molar-refractivity contribution is 5.34. The van der Waals surface area contributed by atoms with Crippen molar-refractivity contribution in [1.82, 2.24) is 0 Å². The highest BCUT2D eigenvalue weighted by Gasteiger charge is 2.14. The van der Waals surface area contributed by atoms with Crippen LogP contribution in [0.5, 0.6) is 0 Å². The fourth-order valence-electron chi connectivity index (χ4n) is 2.11. The average molecular weight is 261 g/mol. The highest BCUT2D eigenvalue weighted by Crippen LogP contribution is 2.23. The monoisotopic (exact) mass is 261 g/mol. The smallest absolute Gasteiger partial charge is 0.131 e. The van der Waals surface area contributed by atoms with E-state index in [2.05, 4.69) is 6.92 Å². The molecule has 0 bridgehead atoms. The van der Waals surface area contributed by atoms with E-state index < -0.39 is 17.7 Å². The SMILES string of the molecule is CCCc1ccc(C(N)c2ccc(F)cc2F)cc1. The minimum atomic E-state index is -0.606. The Balaban J connectivity index is 2.25. The summed E-state index contributed by atoms with van der Waals surface area (Å²) in [5.41, 5.74) is 8.40. The van der Waals surface area contributed by atoms with Crippen molar-refractivity contribution in [2.45, 2.75) is 25.8 Å². The van der Waals surface area contributed by atoms with Crippen molar-refractivity contribution in [3.8, 4) is 0 Å². The maximum Gasteiger partial charge on any atom is 0.131 e. The first kappa shape index (κ1) is 13.7. The quantitative estimate of drug-likeness (QED) is 0.885. The number of hydrogen-bond donors (Lipinski definition) is 1. The number of halogens is 2. The lowest BCUT2D eigenvalue weighted by Crippen LogP contribution is -2.13. The van der Waals surface area contributed by atoms with Crippen molar-refractivity contribution in [2.24, 2.45) is 5.73 Å². The first-order chi connectivity index (χ1) is 9.11. The Morgan fingerprint density at radius 2 is 1.74 bits per heavy atom. The lowest BCUT2D eigenvalue weighted by atomic mass is 9.97. The van der Waals surface area contributed by atoms with Gasteiger partial charge in [-0.25, -0.2) is 8.78 Å². The molecule has 0 fully saturated rings. The van der Waals surface area contributed by atoms with Crippen LogP contribution in [-0.2, 0) is 6.42 Å². The fourth-order valence-corrected chi connectivity index (χ4v) is 2.11. The predicted molar refractivity (Wildman–Crippen MR) is 72.8 cm³/mol. The van der Waals surface area contributed by atoms with Crippen LogP contribution in [0.4, 0.5) is 8.78 Å². The summed E-state index contributed by atoms with van der Waals surface area (Å²) in [5.74, 6) is -1.20. The van der Waals surface area contributed by atoms with Crippen molar-refractivity contribution in [3.05, 3.63) is 70.8 Å². The first-order valence-corrected chi connectivity index (χ1v) is 6.41. The molecule has 2 N–H and O–H groups in total. The standard InChI is InChI=1S/C16H17F2N/c1-2-3-11-4-6-12(7-5-11)16(19)14-9-8-13(17)10-15(14)18/h4-10,16H,2-3,19H2,1H3. The van der Waals surface area contributed by atoms with Gasteiger partial charge in [-0.05, 0) is 23.6 Å². The first-order valence-electron chi connectivity index (χ1n) is 6.41. The van der Waals surface area contributed by atoms with Gasteiger partial charge in [0.15, 0.2) is 0 Å². The second kappa shape index (κ2) is 5.93. The molecule has 19 heavy (non-hydrogen) atoms. The Bertz CT molecular complexity index is 549. The Morgan fingerprint density at radius 1 is 1.05 bits per heavy atom. The lowest BCUT2D eigenvalue weighted by molar-refractivity contribution is 0.566. The molecule has 0 amide bonds. The summed E-state index contributed by atoms with van der Waals surface area (Å²) in [6, 6.07) is 10.7. The van der Waals surface area contributed by atoms with Crippen molar-refractivity contribution in [3.63, 3.8) is 0 Å². The van der Waals surface area contributed by atoms with Crippen LogP contribution in [0.25, 0.3) is 0 Å². The van der Waals surface area contributed by atoms with Crippen molar-refractivity contribution < 1.29 is 8.78 Å². The van der Waals surface area contributed by atoms with Gasteiger partial charge >= 0.3 is 0 Å². The molecule has 0 spiro atoms. The number of benzene rings is 2. The normalized spacial score (nSPS) is 12.4. The summed E-state index contributed by atoms with van der Waals surface area (Å²) in [6.07, 6.45) is 2.10. The van der Waals surface area contributed by atoms with Gasteiger partial charge in [0.2, 0.25) is 0 Å². The van der Waals surface area contributed by atoms with E-state index in [1.807, 2.05) is 24.3 Å². The lowest BCUT2D eigenvalue weighted by Gasteiger charge is -2.14. The van der Waals surface area contributed by atoms with Crippen LogP contribution in [0.1, 0.15) is 36.1 Å². The van der Waals surface area contributed by atoms with Crippen LogP contribution >= 0.6 is 0 Å². The van der Waals surface area contributed by atoms with Crippen LogP contribution in [0.2, 0.25) is 0 Å². The van der Waals surface area contributed by atoms with Gasteiger partial charge in [0.1, 0.15) is 11.6 Å². The third-order valence-electron chi connectivity index (χ3n) is 3.18. The number of rotatable bonds is 4. The Kier molecular flexibility index (Phi) is 4.27. The molecule has 2 aromatic rings. The van der Waals surface area contributed by atoms with E-state index in [1.54, 1.807) is 0 Å². The third-order valence-corrected chi connectivity index (χ3v) is 3.18. The van der Waals surface area contributed by atoms with E-state index >= 15 is 0 Å². The second-order valence-corrected chi connectivity index (χ2v) is 4.64. The Morgan fingerprint density at radius 3 is 2.32 bits per heavy atom. The zero-order valence-corrected chi connectivity index (χ0v) is 10.9. The van der Waals surface area contributed by atoms with Crippen molar-refractivity contribution >= 4 is 0 Å². The minimum Gasteiger partial charge on any atom is -0.320 e. The van der Waals surface area contributed by atoms with Gasteiger partial charge in [0.25, 0.3) is 0 Å². The molecule has 2 aromatic carbocycles. The minimum absolute atomic E-state index is 0.310. The van der Waals surface area contributed by atoms with E-state index in [1.165, 1.54) is 17.7 Å². The fraction of sp³-hybridized carbons (Fsp3) is 0.250. The topological polar surface area (TPSA) is 26.0 Å². The Hall–Kier alpha value is -1.74. The van der Waals surface area contributed by atoms with Gasteiger partial charge in [0.05, 0.1) is 6.04 Å². The molecule has 1 atom stereocenters. The van der Waals surface area contributed by atoms with Crippen LogP contribution in [0, 0.1) is 11.6 Å². The molecule has 0 aliphatic heterocycles. The van der Waals surface area contributed by atoms with Crippen LogP contribution in [0.3, 0.4) is 0 Å². The molecule has 0 radical (unpaired) electrons. The molecule has 0 aromatic heterocycles. The molecule has 0 saturated heterocycles. The highest BCUT2D eigenvalue weighted by atomic mass is 19.1. The molecular formula is C16H17F2N. The van der Waals surface area contributed by atoms with Gasteiger partial charge < -0.3 is 5.73 Å². The van der Waals surface area contributed by atoms with Gasteiger partial charge in [-0.2, -0.15) is 0 Å². The molecule has 0 aliphatic rings. The number of hydrogen-bond acceptors (Lipinski definition) is 1. The number of aryl methyl sites for hydroxylation is 1. The molecule has 0 heterocycles. The predicted octanol–water partition coefficient (Wildman–Crippen LogP) is 3.97. The zero-order valence-electron chi connectivity index (χ0n) is 10.9. The summed E-state index contributed by atoms with van der Waals surface area (Å²) in [4.78, 5) is 0. The molecule has 1 unspecified atom stereocenters. The molecule has 2 rings (SSSR count). The van der Waals surface area contributed by atoms with E-state index in [9.17, 15) is 8.78 Å².